The molecule has 2 aromatic rings. The van der Waals surface area contributed by atoms with E-state index in [1.165, 1.54) is 78.3 Å². The van der Waals surface area contributed by atoms with E-state index in [1.807, 2.05) is 0 Å². The molecular weight excluding hydrogens is 404 g/mol. The molecule has 0 aliphatic heterocycles. The van der Waals surface area contributed by atoms with Crippen molar-refractivity contribution in [2.24, 2.45) is 5.92 Å². The van der Waals surface area contributed by atoms with Gasteiger partial charge in [0.2, 0.25) is 0 Å². The summed E-state index contributed by atoms with van der Waals surface area (Å²) in [5.74, 6) is 1.54. The summed E-state index contributed by atoms with van der Waals surface area (Å²) in [5, 5.41) is 0. The summed E-state index contributed by atoms with van der Waals surface area (Å²) in [5.41, 5.74) is 8.54. The van der Waals surface area contributed by atoms with Gasteiger partial charge in [0, 0.05) is 32.6 Å². The Kier molecular flexibility index (Phi) is 7.32. The number of benzene rings is 2. The maximum Gasteiger partial charge on any atom is 0.0164 e. The maximum absolute atomic E-state index is 2.46. The second-order valence-electron chi connectivity index (χ2n) is 8.31. The smallest absolute Gasteiger partial charge is 0.0164 e. The van der Waals surface area contributed by atoms with E-state index in [1.54, 1.807) is 0 Å². The first-order valence-corrected chi connectivity index (χ1v) is 10.5. The molecule has 0 nitrogen and oxygen atoms in total. The minimum Gasteiger partial charge on any atom is -0.0648 e. The van der Waals surface area contributed by atoms with Crippen LogP contribution in [0.5, 0.6) is 0 Å². The molecule has 139 valence electrons. The summed E-state index contributed by atoms with van der Waals surface area (Å²) >= 11 is 0. The molecule has 2 aliphatic rings. The fourth-order valence-electron chi connectivity index (χ4n) is 4.62. The third-order valence-corrected chi connectivity index (χ3v) is 6.46. The molecule has 2 aliphatic carbocycles. The van der Waals surface area contributed by atoms with E-state index in [4.69, 9.17) is 0 Å². The van der Waals surface area contributed by atoms with E-state index < -0.39 is 0 Å². The topological polar surface area (TPSA) is 0 Å². The van der Waals surface area contributed by atoms with Gasteiger partial charge in [-0.3, -0.25) is 0 Å². The number of fused-ring (bicyclic) bond motifs is 1. The van der Waals surface area contributed by atoms with Crippen LogP contribution in [0.1, 0.15) is 81.4 Å². The van der Waals surface area contributed by atoms with E-state index in [0.717, 1.165) is 5.92 Å². The van der Waals surface area contributed by atoms with Crippen LogP contribution in [0.4, 0.5) is 0 Å². The Bertz CT molecular complexity index is 778. The zero-order chi connectivity index (χ0) is 17.9. The Hall–Kier alpha value is -0.937. The third kappa shape index (κ3) is 4.73. The van der Waals surface area contributed by atoms with Crippen molar-refractivity contribution in [1.82, 2.24) is 0 Å². The fraction of sp³-hybridized carbons (Fsp3) is 0.423. The SMILES string of the molecule is CCC(C)c1ccc(-c2cccc3c2C=C(CC2CCCCC2)[CH]3)cc1.[Zr]. The van der Waals surface area contributed by atoms with Crippen molar-refractivity contribution >= 4 is 6.08 Å². The van der Waals surface area contributed by atoms with Gasteiger partial charge in [-0.15, -0.1) is 0 Å². The molecule has 0 aromatic heterocycles. The zero-order valence-corrected chi connectivity index (χ0v) is 19.3. The van der Waals surface area contributed by atoms with Gasteiger partial charge in [-0.1, -0.05) is 100 Å². The van der Waals surface area contributed by atoms with Crippen molar-refractivity contribution in [3.05, 3.63) is 71.1 Å². The van der Waals surface area contributed by atoms with Crippen LogP contribution in [0.15, 0.2) is 48.0 Å². The molecule has 2 aromatic carbocycles. The third-order valence-electron chi connectivity index (χ3n) is 6.46. The van der Waals surface area contributed by atoms with E-state index >= 15 is 0 Å². The largest absolute Gasteiger partial charge is 0.0648 e. The van der Waals surface area contributed by atoms with E-state index in [9.17, 15) is 0 Å². The molecule has 1 saturated carbocycles. The Balaban J connectivity index is 0.00000210. The van der Waals surface area contributed by atoms with Gasteiger partial charge in [-0.05, 0) is 52.5 Å². The Morgan fingerprint density at radius 1 is 0.963 bits per heavy atom. The molecule has 0 bridgehead atoms. The van der Waals surface area contributed by atoms with Gasteiger partial charge in [0.25, 0.3) is 0 Å². The molecule has 0 N–H and O–H groups in total. The number of hydrogen-bond donors (Lipinski definition) is 0. The molecule has 1 radical (unpaired) electrons. The van der Waals surface area contributed by atoms with E-state index in [-0.39, 0.29) is 26.2 Å². The Morgan fingerprint density at radius 2 is 1.70 bits per heavy atom. The van der Waals surface area contributed by atoms with Crippen molar-refractivity contribution in [2.75, 3.05) is 0 Å². The molecule has 0 heterocycles. The van der Waals surface area contributed by atoms with Gasteiger partial charge in [-0.2, -0.15) is 0 Å². The standard InChI is InChI=1S/C26H31.Zr/c1-3-19(2)22-12-14-23(15-13-22)25-11-7-10-24-17-21(18-26(24)25)16-20-8-5-4-6-9-20;/h7,10-15,17-20H,3-6,8-9,16H2,1-2H3;. The number of rotatable bonds is 5. The van der Waals surface area contributed by atoms with Gasteiger partial charge in [-0.25, -0.2) is 0 Å². The van der Waals surface area contributed by atoms with Crippen molar-refractivity contribution < 1.29 is 26.2 Å². The van der Waals surface area contributed by atoms with Crippen LogP contribution in [-0.4, -0.2) is 0 Å². The Morgan fingerprint density at radius 3 is 2.41 bits per heavy atom. The van der Waals surface area contributed by atoms with Crippen LogP contribution < -0.4 is 0 Å². The van der Waals surface area contributed by atoms with Crippen molar-refractivity contribution in [2.45, 2.75) is 64.7 Å². The summed E-state index contributed by atoms with van der Waals surface area (Å²) in [6, 6.07) is 16.0. The summed E-state index contributed by atoms with van der Waals surface area (Å²) in [4.78, 5) is 0. The first-order valence-electron chi connectivity index (χ1n) is 10.5. The van der Waals surface area contributed by atoms with Crippen LogP contribution in [0.25, 0.3) is 17.2 Å². The molecule has 4 rings (SSSR count). The van der Waals surface area contributed by atoms with Crippen molar-refractivity contribution in [1.29, 1.82) is 0 Å². The van der Waals surface area contributed by atoms with Crippen LogP contribution in [0.3, 0.4) is 0 Å². The summed E-state index contributed by atoms with van der Waals surface area (Å²) in [7, 11) is 0. The van der Waals surface area contributed by atoms with Gasteiger partial charge in [0.15, 0.2) is 0 Å². The molecule has 1 atom stereocenters. The van der Waals surface area contributed by atoms with Crippen LogP contribution in [0.2, 0.25) is 0 Å². The second kappa shape index (κ2) is 9.51. The normalized spacial score (nSPS) is 17.8. The predicted molar refractivity (Wildman–Crippen MR) is 113 cm³/mol. The van der Waals surface area contributed by atoms with E-state index in [0.29, 0.717) is 5.92 Å². The molecule has 0 spiro atoms. The molecule has 1 heteroatoms. The molecular formula is C26H31Zr. The summed E-state index contributed by atoms with van der Waals surface area (Å²) < 4.78 is 0. The fourth-order valence-corrected chi connectivity index (χ4v) is 4.62. The monoisotopic (exact) mass is 433 g/mol. The average Bonchev–Trinajstić information content (AvgIpc) is 3.10. The van der Waals surface area contributed by atoms with Gasteiger partial charge >= 0.3 is 0 Å². The molecule has 0 amide bonds. The zero-order valence-electron chi connectivity index (χ0n) is 16.8. The first kappa shape index (κ1) is 20.8. The Labute approximate surface area is 184 Å². The van der Waals surface area contributed by atoms with Crippen molar-refractivity contribution in [3.8, 4) is 11.1 Å². The summed E-state index contributed by atoms with van der Waals surface area (Å²) in [6.07, 6.45) is 14.5. The second-order valence-corrected chi connectivity index (χ2v) is 8.31. The predicted octanol–water partition coefficient (Wildman–Crippen LogP) is 7.78. The van der Waals surface area contributed by atoms with Gasteiger partial charge < -0.3 is 0 Å². The quantitative estimate of drug-likeness (QED) is 0.450. The van der Waals surface area contributed by atoms with Crippen LogP contribution in [-0.2, 0) is 26.2 Å². The first-order chi connectivity index (χ1) is 12.7. The molecule has 1 unspecified atom stereocenters. The number of allylic oxidation sites excluding steroid dienone is 1. The van der Waals surface area contributed by atoms with Gasteiger partial charge in [0.05, 0.1) is 0 Å². The summed E-state index contributed by atoms with van der Waals surface area (Å²) in [6.45, 7) is 4.57. The number of hydrogen-bond acceptors (Lipinski definition) is 0. The molecule has 0 saturated heterocycles. The van der Waals surface area contributed by atoms with Crippen LogP contribution >= 0.6 is 0 Å². The average molecular weight is 435 g/mol. The maximum atomic E-state index is 2.46. The van der Waals surface area contributed by atoms with E-state index in [2.05, 4.69) is 68.8 Å². The van der Waals surface area contributed by atoms with Crippen LogP contribution in [0, 0.1) is 12.3 Å². The van der Waals surface area contributed by atoms with Gasteiger partial charge in [0.1, 0.15) is 0 Å². The minimum atomic E-state index is 0. The molecule has 1 fully saturated rings. The minimum absolute atomic E-state index is 0. The molecule has 27 heavy (non-hydrogen) atoms. The van der Waals surface area contributed by atoms with Crippen molar-refractivity contribution in [3.63, 3.8) is 0 Å².